The Balaban J connectivity index is 1.84. The largest absolute Gasteiger partial charge is 0.332 e. The van der Waals surface area contributed by atoms with Crippen LogP contribution < -0.4 is 16.0 Å². The summed E-state index contributed by atoms with van der Waals surface area (Å²) < 4.78 is 0. The second-order valence-corrected chi connectivity index (χ2v) is 6.89. The Morgan fingerprint density at radius 1 is 0.963 bits per heavy atom. The molecular weight excluding hydrogens is 382 g/mol. The first kappa shape index (κ1) is 20.6. The summed E-state index contributed by atoms with van der Waals surface area (Å²) in [6.07, 6.45) is 3.06. The van der Waals surface area contributed by atoms with Crippen LogP contribution in [0, 0.1) is 5.92 Å². The lowest BCUT2D eigenvalue weighted by Gasteiger charge is -2.10. The lowest BCUT2D eigenvalue weighted by atomic mass is 10.2. The summed E-state index contributed by atoms with van der Waals surface area (Å²) in [5.41, 5.74) is 2.25. The molecular formula is C20H20ClN3O2S. The van der Waals surface area contributed by atoms with E-state index in [1.165, 1.54) is 6.08 Å². The van der Waals surface area contributed by atoms with E-state index >= 15 is 0 Å². The fourth-order valence-electron chi connectivity index (χ4n) is 1.99. The third kappa shape index (κ3) is 7.21. The number of carbonyl (C=O) groups excluding carboxylic acids is 2. The smallest absolute Gasteiger partial charge is 0.250 e. The first-order valence-electron chi connectivity index (χ1n) is 8.30. The van der Waals surface area contributed by atoms with E-state index in [-0.39, 0.29) is 22.8 Å². The van der Waals surface area contributed by atoms with Crippen molar-refractivity contribution in [3.63, 3.8) is 0 Å². The first-order chi connectivity index (χ1) is 12.8. The van der Waals surface area contributed by atoms with Gasteiger partial charge in [0.1, 0.15) is 0 Å². The number of rotatable bonds is 5. The molecule has 0 saturated carbocycles. The molecule has 5 nitrogen and oxygen atoms in total. The molecule has 0 aliphatic carbocycles. The minimum Gasteiger partial charge on any atom is -0.332 e. The number of nitrogens with one attached hydrogen (secondary N) is 3. The Kier molecular flexibility index (Phi) is 7.52. The van der Waals surface area contributed by atoms with E-state index in [2.05, 4.69) is 16.0 Å². The molecule has 0 spiro atoms. The second kappa shape index (κ2) is 9.85. The van der Waals surface area contributed by atoms with Gasteiger partial charge in [0.25, 0.3) is 0 Å². The van der Waals surface area contributed by atoms with E-state index in [1.54, 1.807) is 42.5 Å². The molecule has 27 heavy (non-hydrogen) atoms. The maximum atomic E-state index is 11.9. The standard InChI is InChI=1S/C20H20ClN3O2S/c1-13(2)19(26)22-16-8-10-17(11-9-16)23-20(27)24-18(25)12-5-14-3-6-15(21)7-4-14/h3-13H,1-2H3,(H,22,26)(H2,23,24,25,27)/b12-5+. The first-order valence-corrected chi connectivity index (χ1v) is 9.08. The van der Waals surface area contributed by atoms with Gasteiger partial charge < -0.3 is 10.6 Å². The van der Waals surface area contributed by atoms with Gasteiger partial charge in [0.05, 0.1) is 0 Å². The molecule has 0 bridgehead atoms. The number of benzene rings is 2. The van der Waals surface area contributed by atoms with E-state index in [4.69, 9.17) is 23.8 Å². The van der Waals surface area contributed by atoms with Crippen molar-refractivity contribution < 1.29 is 9.59 Å². The van der Waals surface area contributed by atoms with Crippen molar-refractivity contribution >= 4 is 58.2 Å². The van der Waals surface area contributed by atoms with Crippen LogP contribution in [0.2, 0.25) is 5.02 Å². The molecule has 7 heteroatoms. The van der Waals surface area contributed by atoms with Crippen LogP contribution >= 0.6 is 23.8 Å². The summed E-state index contributed by atoms with van der Waals surface area (Å²) in [7, 11) is 0. The highest BCUT2D eigenvalue weighted by Crippen LogP contribution is 2.14. The number of anilines is 2. The number of hydrogen-bond donors (Lipinski definition) is 3. The molecule has 0 aliphatic rings. The van der Waals surface area contributed by atoms with Gasteiger partial charge in [0, 0.05) is 28.4 Å². The van der Waals surface area contributed by atoms with E-state index in [9.17, 15) is 9.59 Å². The monoisotopic (exact) mass is 401 g/mol. The zero-order valence-corrected chi connectivity index (χ0v) is 16.5. The molecule has 0 unspecified atom stereocenters. The summed E-state index contributed by atoms with van der Waals surface area (Å²) in [6.45, 7) is 3.65. The predicted octanol–water partition coefficient (Wildman–Crippen LogP) is 4.46. The minimum atomic E-state index is -0.344. The molecule has 2 aromatic carbocycles. The summed E-state index contributed by atoms with van der Waals surface area (Å²) in [6, 6.07) is 14.2. The van der Waals surface area contributed by atoms with Crippen LogP contribution in [0.5, 0.6) is 0 Å². The van der Waals surface area contributed by atoms with Gasteiger partial charge in [0.15, 0.2) is 5.11 Å². The van der Waals surface area contributed by atoms with E-state index < -0.39 is 0 Å². The highest BCUT2D eigenvalue weighted by Gasteiger charge is 2.07. The van der Waals surface area contributed by atoms with E-state index in [0.29, 0.717) is 16.4 Å². The molecule has 140 valence electrons. The molecule has 0 fully saturated rings. The summed E-state index contributed by atoms with van der Waals surface area (Å²) >= 11 is 11.0. The third-order valence-electron chi connectivity index (χ3n) is 3.47. The number of hydrogen-bond acceptors (Lipinski definition) is 3. The Labute approximate surface area is 168 Å². The number of amides is 2. The lowest BCUT2D eigenvalue weighted by Crippen LogP contribution is -2.32. The summed E-state index contributed by atoms with van der Waals surface area (Å²) in [4.78, 5) is 23.6. The Morgan fingerprint density at radius 3 is 2.07 bits per heavy atom. The fourth-order valence-corrected chi connectivity index (χ4v) is 2.33. The van der Waals surface area contributed by atoms with Crippen LogP contribution in [0.15, 0.2) is 54.6 Å². The lowest BCUT2D eigenvalue weighted by molar-refractivity contribution is -0.119. The van der Waals surface area contributed by atoms with Crippen LogP contribution in [0.25, 0.3) is 6.08 Å². The van der Waals surface area contributed by atoms with E-state index in [0.717, 1.165) is 5.56 Å². The Hall–Kier alpha value is -2.70. The molecule has 0 heterocycles. The number of halogens is 1. The maximum Gasteiger partial charge on any atom is 0.250 e. The molecule has 2 amide bonds. The summed E-state index contributed by atoms with van der Waals surface area (Å²) in [5.74, 6) is -0.485. The molecule has 0 atom stereocenters. The van der Waals surface area contributed by atoms with Gasteiger partial charge in [-0.3, -0.25) is 14.9 Å². The molecule has 3 N–H and O–H groups in total. The quantitative estimate of drug-likeness (QED) is 0.511. The van der Waals surface area contributed by atoms with Crippen molar-refractivity contribution in [1.29, 1.82) is 0 Å². The van der Waals surface area contributed by atoms with Gasteiger partial charge in [-0.05, 0) is 60.3 Å². The SMILES string of the molecule is CC(C)C(=O)Nc1ccc(NC(=S)NC(=O)/C=C/c2ccc(Cl)cc2)cc1. The van der Waals surface area contributed by atoms with Crippen molar-refractivity contribution in [1.82, 2.24) is 5.32 Å². The van der Waals surface area contributed by atoms with Crippen LogP contribution in [0.4, 0.5) is 11.4 Å². The Bertz CT molecular complexity index is 847. The second-order valence-electron chi connectivity index (χ2n) is 6.05. The van der Waals surface area contributed by atoms with Crippen molar-refractivity contribution in [2.45, 2.75) is 13.8 Å². The molecule has 0 aromatic heterocycles. The number of thiocarbonyl (C=S) groups is 1. The van der Waals surface area contributed by atoms with Crippen molar-refractivity contribution in [3.8, 4) is 0 Å². The topological polar surface area (TPSA) is 70.2 Å². The van der Waals surface area contributed by atoms with Gasteiger partial charge in [-0.2, -0.15) is 0 Å². The zero-order valence-electron chi connectivity index (χ0n) is 15.0. The number of carbonyl (C=O) groups is 2. The fraction of sp³-hybridized carbons (Fsp3) is 0.150. The zero-order chi connectivity index (χ0) is 19.8. The highest BCUT2D eigenvalue weighted by atomic mass is 35.5. The van der Waals surface area contributed by atoms with Gasteiger partial charge in [-0.25, -0.2) is 0 Å². The molecule has 0 radical (unpaired) electrons. The van der Waals surface area contributed by atoms with Crippen molar-refractivity contribution in [2.24, 2.45) is 5.92 Å². The highest BCUT2D eigenvalue weighted by molar-refractivity contribution is 7.80. The van der Waals surface area contributed by atoms with Crippen molar-refractivity contribution in [3.05, 3.63) is 65.2 Å². The summed E-state index contributed by atoms with van der Waals surface area (Å²) in [5, 5.41) is 9.11. The van der Waals surface area contributed by atoms with Gasteiger partial charge in [0.2, 0.25) is 11.8 Å². The normalized spacial score (nSPS) is 10.7. The molecule has 2 aromatic rings. The van der Waals surface area contributed by atoms with Crippen LogP contribution in [-0.4, -0.2) is 16.9 Å². The average molecular weight is 402 g/mol. The average Bonchev–Trinajstić information content (AvgIpc) is 2.62. The van der Waals surface area contributed by atoms with Gasteiger partial charge >= 0.3 is 0 Å². The van der Waals surface area contributed by atoms with Gasteiger partial charge in [-0.1, -0.05) is 37.6 Å². The van der Waals surface area contributed by atoms with E-state index in [1.807, 2.05) is 26.0 Å². The Morgan fingerprint density at radius 2 is 1.52 bits per heavy atom. The molecule has 0 aliphatic heterocycles. The predicted molar refractivity (Wildman–Crippen MR) is 115 cm³/mol. The minimum absolute atomic E-state index is 0.0500. The van der Waals surface area contributed by atoms with Crippen LogP contribution in [-0.2, 0) is 9.59 Å². The molecule has 2 rings (SSSR count). The van der Waals surface area contributed by atoms with Crippen molar-refractivity contribution in [2.75, 3.05) is 10.6 Å². The maximum absolute atomic E-state index is 11.9. The van der Waals surface area contributed by atoms with Gasteiger partial charge in [-0.15, -0.1) is 0 Å². The third-order valence-corrected chi connectivity index (χ3v) is 3.92. The molecule has 0 saturated heterocycles. The van der Waals surface area contributed by atoms with Crippen LogP contribution in [0.3, 0.4) is 0 Å². The van der Waals surface area contributed by atoms with Crippen LogP contribution in [0.1, 0.15) is 19.4 Å².